The first-order chi connectivity index (χ1) is 11.1. The molecule has 0 heterocycles. The summed E-state index contributed by atoms with van der Waals surface area (Å²) in [4.78, 5) is 12.7. The summed E-state index contributed by atoms with van der Waals surface area (Å²) in [5.41, 5.74) is 5.04. The number of carbonyl (C=O) groups is 1. The third kappa shape index (κ3) is 3.83. The lowest BCUT2D eigenvalue weighted by molar-refractivity contribution is -0.170. The fourth-order valence-corrected chi connectivity index (χ4v) is 3.38. The van der Waals surface area contributed by atoms with Crippen LogP contribution >= 0.6 is 12.4 Å². The Morgan fingerprint density at radius 2 is 2.00 bits per heavy atom. The minimum Gasteiger partial charge on any atom is -0.378 e. The van der Waals surface area contributed by atoms with E-state index < -0.39 is 16.4 Å². The number of hydrogen-bond acceptors (Lipinski definition) is 3. The van der Waals surface area contributed by atoms with E-state index in [0.717, 1.165) is 0 Å². The molecule has 2 unspecified atom stereocenters. The molecule has 1 aliphatic rings. The van der Waals surface area contributed by atoms with Crippen LogP contribution in [0.1, 0.15) is 46.6 Å². The van der Waals surface area contributed by atoms with Gasteiger partial charge in [0.15, 0.2) is 0 Å². The Hall–Kier alpha value is -1.17. The predicted molar refractivity (Wildman–Crippen MR) is 100 cm³/mol. The molecule has 142 valence electrons. The Balaban J connectivity index is 0.00000312. The van der Waals surface area contributed by atoms with E-state index in [-0.39, 0.29) is 30.2 Å². The molecule has 0 spiro atoms. The number of hydrogen-bond donors (Lipinski definition) is 2. The van der Waals surface area contributed by atoms with Crippen LogP contribution in [0.5, 0.6) is 0 Å². The van der Waals surface area contributed by atoms with Gasteiger partial charge >= 0.3 is 0 Å². The summed E-state index contributed by atoms with van der Waals surface area (Å²) in [5.74, 6) is -0.465. The highest BCUT2D eigenvalue weighted by atomic mass is 35.5. The molecule has 1 amide bonds. The number of halogens is 2. The lowest BCUT2D eigenvalue weighted by Crippen LogP contribution is -2.76. The number of rotatable bonds is 6. The number of benzene rings is 1. The van der Waals surface area contributed by atoms with Gasteiger partial charge in [-0.2, -0.15) is 0 Å². The number of nitrogens with one attached hydrogen (secondary N) is 1. The Kier molecular flexibility index (Phi) is 6.65. The minimum absolute atomic E-state index is 0. The van der Waals surface area contributed by atoms with Crippen LogP contribution in [0.4, 0.5) is 4.39 Å². The van der Waals surface area contributed by atoms with E-state index >= 15 is 0 Å². The maximum absolute atomic E-state index is 14.0. The molecule has 1 saturated carbocycles. The van der Waals surface area contributed by atoms with E-state index in [2.05, 4.69) is 5.32 Å². The van der Waals surface area contributed by atoms with Gasteiger partial charge < -0.3 is 15.8 Å². The van der Waals surface area contributed by atoms with Crippen LogP contribution < -0.4 is 11.1 Å². The highest BCUT2D eigenvalue weighted by Gasteiger charge is 2.62. The molecule has 0 saturated heterocycles. The Bertz CT molecular complexity index is 621. The van der Waals surface area contributed by atoms with Crippen molar-refractivity contribution in [1.82, 2.24) is 5.32 Å². The van der Waals surface area contributed by atoms with Crippen LogP contribution in [0.25, 0.3) is 0 Å². The molecule has 1 aromatic rings. The van der Waals surface area contributed by atoms with Crippen molar-refractivity contribution < 1.29 is 13.9 Å². The van der Waals surface area contributed by atoms with Gasteiger partial charge in [-0.1, -0.05) is 45.9 Å². The normalized spacial score (nSPS) is 24.8. The number of amides is 1. The molecule has 0 aliphatic heterocycles. The lowest BCUT2D eigenvalue weighted by atomic mass is 9.54. The molecule has 1 fully saturated rings. The van der Waals surface area contributed by atoms with Crippen molar-refractivity contribution in [3.8, 4) is 0 Å². The maximum atomic E-state index is 14.0. The monoisotopic (exact) mass is 372 g/mol. The summed E-state index contributed by atoms with van der Waals surface area (Å²) in [5, 5.41) is 2.92. The highest BCUT2D eigenvalue weighted by molar-refractivity contribution is 5.88. The molecule has 1 aliphatic carbocycles. The first-order valence-corrected chi connectivity index (χ1v) is 8.50. The second-order valence-electron chi connectivity index (χ2n) is 7.89. The van der Waals surface area contributed by atoms with Gasteiger partial charge in [0.25, 0.3) is 0 Å². The third-order valence-corrected chi connectivity index (χ3v) is 5.53. The predicted octanol–water partition coefficient (Wildman–Crippen LogP) is 3.17. The smallest absolute Gasteiger partial charge is 0.240 e. The molecule has 0 bridgehead atoms. The average Bonchev–Trinajstić information content (AvgIpc) is 2.52. The van der Waals surface area contributed by atoms with Gasteiger partial charge in [-0.05, 0) is 18.6 Å². The van der Waals surface area contributed by atoms with E-state index in [0.29, 0.717) is 25.1 Å². The summed E-state index contributed by atoms with van der Waals surface area (Å²) in [6.45, 7) is 10.6. The molecular formula is C19H30ClFN2O2. The molecule has 4 nitrogen and oxygen atoms in total. The van der Waals surface area contributed by atoms with Crippen LogP contribution in [0.15, 0.2) is 24.3 Å². The van der Waals surface area contributed by atoms with Crippen molar-refractivity contribution in [1.29, 1.82) is 0 Å². The van der Waals surface area contributed by atoms with Gasteiger partial charge in [-0.15, -0.1) is 12.4 Å². The van der Waals surface area contributed by atoms with Crippen molar-refractivity contribution in [3.05, 3.63) is 35.6 Å². The largest absolute Gasteiger partial charge is 0.378 e. The molecule has 3 N–H and O–H groups in total. The summed E-state index contributed by atoms with van der Waals surface area (Å²) in [7, 11) is 0. The van der Waals surface area contributed by atoms with Gasteiger partial charge in [-0.3, -0.25) is 4.79 Å². The molecule has 2 atom stereocenters. The Labute approximate surface area is 156 Å². The van der Waals surface area contributed by atoms with Crippen molar-refractivity contribution >= 4 is 18.3 Å². The second kappa shape index (κ2) is 7.60. The second-order valence-corrected chi connectivity index (χ2v) is 7.89. The van der Waals surface area contributed by atoms with Crippen LogP contribution in [0.3, 0.4) is 0 Å². The van der Waals surface area contributed by atoms with Crippen LogP contribution in [-0.2, 0) is 14.9 Å². The summed E-state index contributed by atoms with van der Waals surface area (Å²) in [6, 6.07) is 6.64. The SMILES string of the molecule is CCOC1CC(N)(C(=O)NCC(C)(C)c2ccccc2F)C1(C)C.Cl. The molecule has 0 aromatic heterocycles. The number of ether oxygens (including phenoxy) is 1. The molecule has 0 radical (unpaired) electrons. The Morgan fingerprint density at radius 3 is 2.52 bits per heavy atom. The van der Waals surface area contributed by atoms with Crippen LogP contribution in [-0.4, -0.2) is 30.7 Å². The zero-order chi connectivity index (χ0) is 18.2. The van der Waals surface area contributed by atoms with E-state index in [1.807, 2.05) is 34.6 Å². The topological polar surface area (TPSA) is 64.3 Å². The van der Waals surface area contributed by atoms with Crippen molar-refractivity contribution in [2.45, 2.75) is 58.1 Å². The molecule has 25 heavy (non-hydrogen) atoms. The first kappa shape index (κ1) is 21.9. The Morgan fingerprint density at radius 1 is 1.40 bits per heavy atom. The quantitative estimate of drug-likeness (QED) is 0.806. The fraction of sp³-hybridized carbons (Fsp3) is 0.632. The first-order valence-electron chi connectivity index (χ1n) is 8.50. The molecule has 1 aromatic carbocycles. The fourth-order valence-electron chi connectivity index (χ4n) is 3.38. The van der Waals surface area contributed by atoms with Gasteiger partial charge in [0.1, 0.15) is 11.4 Å². The highest BCUT2D eigenvalue weighted by Crippen LogP contribution is 2.49. The van der Waals surface area contributed by atoms with Crippen LogP contribution in [0, 0.1) is 11.2 Å². The zero-order valence-electron chi connectivity index (χ0n) is 15.7. The van der Waals surface area contributed by atoms with E-state index in [1.165, 1.54) is 6.07 Å². The molecule has 2 rings (SSSR count). The van der Waals surface area contributed by atoms with Crippen molar-refractivity contribution in [3.63, 3.8) is 0 Å². The van der Waals surface area contributed by atoms with Gasteiger partial charge in [0.2, 0.25) is 5.91 Å². The molecule has 6 heteroatoms. The average molecular weight is 373 g/mol. The number of carbonyl (C=O) groups excluding carboxylic acids is 1. The van der Waals surface area contributed by atoms with Gasteiger partial charge in [0, 0.05) is 30.4 Å². The number of nitrogens with two attached hydrogens (primary N) is 1. The van der Waals surface area contributed by atoms with Gasteiger partial charge in [0.05, 0.1) is 6.10 Å². The zero-order valence-corrected chi connectivity index (χ0v) is 16.5. The van der Waals surface area contributed by atoms with E-state index in [9.17, 15) is 9.18 Å². The summed E-state index contributed by atoms with van der Waals surface area (Å²) >= 11 is 0. The van der Waals surface area contributed by atoms with Crippen molar-refractivity contribution in [2.24, 2.45) is 11.1 Å². The standard InChI is InChI=1S/C19H29FN2O2.ClH/c1-6-24-15-11-19(21,18(15,4)5)16(23)22-12-17(2,3)13-9-7-8-10-14(13)20;/h7-10,15H,6,11-12,21H2,1-5H3,(H,22,23);1H. The van der Waals surface area contributed by atoms with E-state index in [1.54, 1.807) is 18.2 Å². The maximum Gasteiger partial charge on any atom is 0.240 e. The third-order valence-electron chi connectivity index (χ3n) is 5.53. The minimum atomic E-state index is -0.960. The summed E-state index contributed by atoms with van der Waals surface area (Å²) in [6.07, 6.45) is 0.484. The lowest BCUT2D eigenvalue weighted by Gasteiger charge is -2.57. The van der Waals surface area contributed by atoms with E-state index in [4.69, 9.17) is 10.5 Å². The molecular weight excluding hydrogens is 343 g/mol. The summed E-state index contributed by atoms with van der Waals surface area (Å²) < 4.78 is 19.7. The van der Waals surface area contributed by atoms with Crippen LogP contribution in [0.2, 0.25) is 0 Å². The van der Waals surface area contributed by atoms with Gasteiger partial charge in [-0.25, -0.2) is 4.39 Å². The van der Waals surface area contributed by atoms with Crippen molar-refractivity contribution in [2.75, 3.05) is 13.2 Å².